The molecule has 2 aromatic rings. The lowest BCUT2D eigenvalue weighted by molar-refractivity contribution is -0.692. The molecule has 4 heteroatoms. The molecule has 1 aromatic carbocycles. The molecule has 0 spiro atoms. The Balaban J connectivity index is 0.00000112. The van der Waals surface area contributed by atoms with Gasteiger partial charge < -0.3 is 21.7 Å². The first-order valence-corrected chi connectivity index (χ1v) is 5.48. The van der Waals surface area contributed by atoms with Crippen molar-refractivity contribution in [2.45, 2.75) is 6.54 Å². The molecule has 1 heterocycles. The molecule has 0 amide bonds. The van der Waals surface area contributed by atoms with E-state index in [1.165, 1.54) is 0 Å². The lowest BCUT2D eigenvalue weighted by Crippen LogP contribution is -3.00. The number of thiazole rings is 1. The first-order chi connectivity index (χ1) is 6.95. The Kier molecular flexibility index (Phi) is 5.36. The highest BCUT2D eigenvalue weighted by Gasteiger charge is 1.99. The minimum atomic E-state index is 0. The monoisotopic (exact) mass is 285 g/mol. The number of hydrogen-bond acceptors (Lipinski definition) is 2. The van der Waals surface area contributed by atoms with Gasteiger partial charge in [0.1, 0.15) is 12.4 Å². The lowest BCUT2D eigenvalue weighted by atomic mass is 10.3. The van der Waals surface area contributed by atoms with Crippen LogP contribution in [0.1, 0.15) is 0 Å². The molecule has 2 rings (SSSR count). The van der Waals surface area contributed by atoms with Gasteiger partial charge in [0.15, 0.2) is 12.7 Å². The highest BCUT2D eigenvalue weighted by atomic mass is 79.9. The largest absolute Gasteiger partial charge is 1.00 e. The van der Waals surface area contributed by atoms with E-state index in [1.54, 1.807) is 11.3 Å². The number of aromatic nitrogens is 1. The summed E-state index contributed by atoms with van der Waals surface area (Å²) in [6.07, 6.45) is 2.05. The summed E-state index contributed by atoms with van der Waals surface area (Å²) >= 11 is 1.69. The predicted molar refractivity (Wildman–Crippen MR) is 56.5 cm³/mol. The van der Waals surface area contributed by atoms with E-state index in [4.69, 9.17) is 4.74 Å². The van der Waals surface area contributed by atoms with Crippen molar-refractivity contribution in [3.05, 3.63) is 47.4 Å². The van der Waals surface area contributed by atoms with Crippen molar-refractivity contribution in [2.75, 3.05) is 6.61 Å². The summed E-state index contributed by atoms with van der Waals surface area (Å²) in [6.45, 7) is 1.61. The first kappa shape index (κ1) is 12.2. The van der Waals surface area contributed by atoms with E-state index < -0.39 is 0 Å². The molecular weight excluding hydrogens is 274 g/mol. The van der Waals surface area contributed by atoms with Crippen molar-refractivity contribution in [3.63, 3.8) is 0 Å². The second-order valence-corrected chi connectivity index (χ2v) is 3.68. The van der Waals surface area contributed by atoms with Crippen LogP contribution in [-0.4, -0.2) is 6.61 Å². The normalized spacial score (nSPS) is 9.33. The Morgan fingerprint density at radius 1 is 1.20 bits per heavy atom. The molecule has 0 fully saturated rings. The molecule has 1 aromatic heterocycles. The minimum absolute atomic E-state index is 0. The van der Waals surface area contributed by atoms with Gasteiger partial charge in [-0.25, -0.2) is 0 Å². The molecule has 80 valence electrons. The van der Waals surface area contributed by atoms with E-state index in [1.807, 2.05) is 30.3 Å². The van der Waals surface area contributed by atoms with Crippen LogP contribution in [0.4, 0.5) is 0 Å². The molecule has 0 unspecified atom stereocenters. The Morgan fingerprint density at radius 2 is 2.00 bits per heavy atom. The number of nitrogens with zero attached hydrogens (tertiary/aromatic N) is 1. The second kappa shape index (κ2) is 6.58. The van der Waals surface area contributed by atoms with Gasteiger partial charge in [0.05, 0.1) is 5.38 Å². The van der Waals surface area contributed by atoms with Crippen LogP contribution in [0.5, 0.6) is 5.75 Å². The van der Waals surface area contributed by atoms with Gasteiger partial charge >= 0.3 is 0 Å². The Morgan fingerprint density at radius 3 is 2.67 bits per heavy atom. The third kappa shape index (κ3) is 4.01. The minimum Gasteiger partial charge on any atom is -1.00 e. The molecule has 0 aliphatic heterocycles. The molecular formula is C11H12BrNOS. The summed E-state index contributed by atoms with van der Waals surface area (Å²) in [6, 6.07) is 9.89. The summed E-state index contributed by atoms with van der Waals surface area (Å²) in [5.74, 6) is 0.934. The quantitative estimate of drug-likeness (QED) is 0.665. The van der Waals surface area contributed by atoms with Crippen LogP contribution in [0.25, 0.3) is 0 Å². The molecule has 0 aliphatic carbocycles. The highest BCUT2D eigenvalue weighted by Crippen LogP contribution is 2.07. The molecule has 0 saturated carbocycles. The molecule has 0 N–H and O–H groups in total. The van der Waals surface area contributed by atoms with E-state index in [9.17, 15) is 0 Å². The van der Waals surface area contributed by atoms with Crippen LogP contribution < -0.4 is 26.3 Å². The third-order valence-corrected chi connectivity index (χ3v) is 2.56. The zero-order valence-corrected chi connectivity index (χ0v) is 10.6. The maximum absolute atomic E-state index is 5.56. The van der Waals surface area contributed by atoms with Gasteiger partial charge in [-0.05, 0) is 12.1 Å². The van der Waals surface area contributed by atoms with Crippen molar-refractivity contribution in [1.82, 2.24) is 0 Å². The van der Waals surface area contributed by atoms with Crippen molar-refractivity contribution >= 4 is 11.3 Å². The summed E-state index contributed by atoms with van der Waals surface area (Å²) in [7, 11) is 0. The number of hydrogen-bond donors (Lipinski definition) is 0. The van der Waals surface area contributed by atoms with Crippen molar-refractivity contribution < 1.29 is 26.3 Å². The topological polar surface area (TPSA) is 13.1 Å². The predicted octanol–water partition coefficient (Wildman–Crippen LogP) is -0.881. The van der Waals surface area contributed by atoms with Gasteiger partial charge in [0.2, 0.25) is 5.51 Å². The average molecular weight is 286 g/mol. The fourth-order valence-corrected chi connectivity index (χ4v) is 1.80. The van der Waals surface area contributed by atoms with Gasteiger partial charge in [-0.3, -0.25) is 0 Å². The second-order valence-electron chi connectivity index (χ2n) is 2.93. The molecule has 15 heavy (non-hydrogen) atoms. The van der Waals surface area contributed by atoms with Crippen LogP contribution >= 0.6 is 11.3 Å². The van der Waals surface area contributed by atoms with Crippen LogP contribution in [0.2, 0.25) is 0 Å². The van der Waals surface area contributed by atoms with Crippen LogP contribution in [0, 0.1) is 0 Å². The first-order valence-electron chi connectivity index (χ1n) is 4.54. The number of rotatable bonds is 4. The summed E-state index contributed by atoms with van der Waals surface area (Å²) < 4.78 is 7.68. The average Bonchev–Trinajstić information content (AvgIpc) is 2.72. The van der Waals surface area contributed by atoms with E-state index in [0.717, 1.165) is 12.3 Å². The fourth-order valence-electron chi connectivity index (χ4n) is 1.17. The molecule has 0 atom stereocenters. The van der Waals surface area contributed by atoms with Gasteiger partial charge in [-0.2, -0.15) is 4.57 Å². The third-order valence-electron chi connectivity index (χ3n) is 1.89. The van der Waals surface area contributed by atoms with E-state index in [-0.39, 0.29) is 17.0 Å². The number of ether oxygens (including phenoxy) is 1. The summed E-state index contributed by atoms with van der Waals surface area (Å²) in [5, 5.41) is 2.06. The molecule has 0 bridgehead atoms. The van der Waals surface area contributed by atoms with E-state index in [2.05, 4.69) is 21.7 Å². The zero-order chi connectivity index (χ0) is 9.64. The smallest absolute Gasteiger partial charge is 0.224 e. The van der Waals surface area contributed by atoms with E-state index >= 15 is 0 Å². The Bertz CT molecular complexity index is 363. The van der Waals surface area contributed by atoms with Gasteiger partial charge in [-0.15, -0.1) is 0 Å². The maximum atomic E-state index is 5.56. The van der Waals surface area contributed by atoms with Crippen molar-refractivity contribution in [3.8, 4) is 5.75 Å². The SMILES string of the molecule is [Br-].c1ccc(OCC[n+]2ccsc2)cc1. The number of para-hydroxylation sites is 1. The van der Waals surface area contributed by atoms with Gasteiger partial charge in [0, 0.05) is 0 Å². The standard InChI is InChI=1S/C11H12NOS.BrH/c1-2-4-11(5-3-1)13-8-6-12-7-9-14-10-12;/h1-5,7,9-10H,6,8H2;1H/q+1;/p-1. The summed E-state index contributed by atoms with van der Waals surface area (Å²) in [4.78, 5) is 0. The molecule has 2 nitrogen and oxygen atoms in total. The van der Waals surface area contributed by atoms with Crippen LogP contribution in [0.15, 0.2) is 47.4 Å². The van der Waals surface area contributed by atoms with Crippen LogP contribution in [-0.2, 0) is 6.54 Å². The number of benzene rings is 1. The van der Waals surface area contributed by atoms with Crippen LogP contribution in [0.3, 0.4) is 0 Å². The Labute approximate surface area is 104 Å². The van der Waals surface area contributed by atoms with Gasteiger partial charge in [-0.1, -0.05) is 29.5 Å². The fraction of sp³-hybridized carbons (Fsp3) is 0.182. The molecule has 0 radical (unpaired) electrons. The lowest BCUT2D eigenvalue weighted by Gasteiger charge is -2.01. The molecule has 0 aliphatic rings. The zero-order valence-electron chi connectivity index (χ0n) is 8.17. The number of halogens is 1. The maximum Gasteiger partial charge on any atom is 0.224 e. The Hall–Kier alpha value is -0.870. The van der Waals surface area contributed by atoms with E-state index in [0.29, 0.717) is 6.61 Å². The van der Waals surface area contributed by atoms with Crippen molar-refractivity contribution in [2.24, 2.45) is 0 Å². The van der Waals surface area contributed by atoms with Crippen molar-refractivity contribution in [1.29, 1.82) is 0 Å². The molecule has 0 saturated heterocycles. The summed E-state index contributed by atoms with van der Waals surface area (Å²) in [5.41, 5.74) is 2.08. The highest BCUT2D eigenvalue weighted by molar-refractivity contribution is 7.07. The van der Waals surface area contributed by atoms with Gasteiger partial charge in [0.25, 0.3) is 0 Å².